The van der Waals surface area contributed by atoms with Gasteiger partial charge in [-0.05, 0) is 28.9 Å². The fourth-order valence-electron chi connectivity index (χ4n) is 5.27. The molecule has 1 fully saturated rings. The van der Waals surface area contributed by atoms with Crippen molar-refractivity contribution in [3.8, 4) is 0 Å². The Balaban J connectivity index is 1.77. The lowest BCUT2D eigenvalue weighted by molar-refractivity contribution is -0.140. The molecule has 0 aliphatic heterocycles. The van der Waals surface area contributed by atoms with Crippen LogP contribution in [-0.2, 0) is 9.59 Å². The predicted octanol–water partition coefficient (Wildman–Crippen LogP) is 4.19. The molecular formula is C31H44N2O5. The van der Waals surface area contributed by atoms with Crippen molar-refractivity contribution in [3.05, 3.63) is 71.8 Å². The second kappa shape index (κ2) is 13.9. The maximum absolute atomic E-state index is 13.3. The van der Waals surface area contributed by atoms with Crippen LogP contribution >= 0.6 is 0 Å². The monoisotopic (exact) mass is 524 g/mol. The summed E-state index contributed by atoms with van der Waals surface area (Å²) in [6.07, 6.45) is 1.79. The molecule has 1 saturated carbocycles. The highest BCUT2D eigenvalue weighted by Gasteiger charge is 2.36. The molecule has 2 amide bonds. The summed E-state index contributed by atoms with van der Waals surface area (Å²) >= 11 is 0. The van der Waals surface area contributed by atoms with Crippen molar-refractivity contribution < 1.29 is 24.9 Å². The second-order valence-electron chi connectivity index (χ2n) is 11.8. The molecule has 0 bridgehead atoms. The summed E-state index contributed by atoms with van der Waals surface area (Å²) in [6, 6.07) is 16.4. The Kier molecular flexibility index (Phi) is 10.9. The van der Waals surface area contributed by atoms with Crippen LogP contribution in [0.5, 0.6) is 0 Å². The average molecular weight is 525 g/mol. The number of hydrogen-bond acceptors (Lipinski definition) is 5. The number of hydrogen-bond donors (Lipinski definition) is 5. The van der Waals surface area contributed by atoms with Crippen molar-refractivity contribution in [2.24, 2.45) is 11.3 Å². The Morgan fingerprint density at radius 3 is 1.95 bits per heavy atom. The Morgan fingerprint density at radius 2 is 1.39 bits per heavy atom. The van der Waals surface area contributed by atoms with E-state index in [0.29, 0.717) is 23.5 Å². The van der Waals surface area contributed by atoms with Gasteiger partial charge < -0.3 is 26.0 Å². The summed E-state index contributed by atoms with van der Waals surface area (Å²) in [6.45, 7) is 5.88. The quantitative estimate of drug-likeness (QED) is 0.302. The van der Waals surface area contributed by atoms with Gasteiger partial charge in [0.05, 0.1) is 12.1 Å². The molecule has 1 aliphatic rings. The second-order valence-corrected chi connectivity index (χ2v) is 11.8. The molecule has 0 spiro atoms. The first-order valence-electron chi connectivity index (χ1n) is 13.8. The van der Waals surface area contributed by atoms with Crippen molar-refractivity contribution in [2.45, 2.75) is 96.1 Å². The molecule has 1 aliphatic carbocycles. The average Bonchev–Trinajstić information content (AvgIpc) is 2.90. The summed E-state index contributed by atoms with van der Waals surface area (Å²) in [5.74, 6) is -0.711. The molecule has 0 aromatic heterocycles. The third-order valence-corrected chi connectivity index (χ3v) is 7.27. The first kappa shape index (κ1) is 29.8. The Labute approximate surface area is 226 Å². The van der Waals surface area contributed by atoms with Gasteiger partial charge in [0.2, 0.25) is 5.91 Å². The number of carbonyl (C=O) groups excluding carboxylic acids is 2. The van der Waals surface area contributed by atoms with Gasteiger partial charge in [-0.25, -0.2) is 0 Å². The van der Waals surface area contributed by atoms with E-state index < -0.39 is 36.3 Å². The maximum atomic E-state index is 13.3. The fourth-order valence-corrected chi connectivity index (χ4v) is 5.27. The highest BCUT2D eigenvalue weighted by Crippen LogP contribution is 2.31. The fraction of sp³-hybridized carbons (Fsp3) is 0.548. The van der Waals surface area contributed by atoms with Crippen LogP contribution in [0.15, 0.2) is 60.7 Å². The normalized spacial score (nSPS) is 18.6. The molecule has 0 heterocycles. The van der Waals surface area contributed by atoms with Crippen LogP contribution in [0.25, 0.3) is 0 Å². The van der Waals surface area contributed by atoms with Crippen molar-refractivity contribution in [3.63, 3.8) is 0 Å². The largest absolute Gasteiger partial charge is 0.388 e. The summed E-state index contributed by atoms with van der Waals surface area (Å²) in [5, 5.41) is 39.0. The van der Waals surface area contributed by atoms with Crippen molar-refractivity contribution in [1.29, 1.82) is 0 Å². The molecular weight excluding hydrogens is 480 g/mol. The topological polar surface area (TPSA) is 119 Å². The van der Waals surface area contributed by atoms with Crippen LogP contribution in [-0.4, -0.2) is 45.4 Å². The van der Waals surface area contributed by atoms with E-state index in [0.717, 1.165) is 25.7 Å². The van der Waals surface area contributed by atoms with E-state index in [4.69, 9.17) is 0 Å². The molecule has 2 aromatic rings. The van der Waals surface area contributed by atoms with Gasteiger partial charge in [0, 0.05) is 6.42 Å². The zero-order valence-corrected chi connectivity index (χ0v) is 22.8. The molecule has 0 saturated heterocycles. The SMILES string of the molecule is CC(C)(C)CC(=O)N[C@@H](CC1CCCCC1)[C@@H](O)[C@H](O)C(=O)N[C@@H](c1ccccc1)[C@H](O)c1ccccc1. The van der Waals surface area contributed by atoms with Gasteiger partial charge in [0.1, 0.15) is 12.2 Å². The molecule has 0 radical (unpaired) electrons. The van der Waals surface area contributed by atoms with Crippen LogP contribution in [0.2, 0.25) is 0 Å². The van der Waals surface area contributed by atoms with Crippen LogP contribution in [0.3, 0.4) is 0 Å². The first-order chi connectivity index (χ1) is 18.0. The molecule has 5 atom stereocenters. The molecule has 7 heteroatoms. The lowest BCUT2D eigenvalue weighted by atomic mass is 9.82. The number of benzene rings is 2. The highest BCUT2D eigenvalue weighted by atomic mass is 16.3. The Hall–Kier alpha value is -2.74. The predicted molar refractivity (Wildman–Crippen MR) is 148 cm³/mol. The summed E-state index contributed by atoms with van der Waals surface area (Å²) < 4.78 is 0. The number of aliphatic hydroxyl groups is 3. The van der Waals surface area contributed by atoms with Gasteiger partial charge in [-0.2, -0.15) is 0 Å². The van der Waals surface area contributed by atoms with Gasteiger partial charge in [0.15, 0.2) is 6.10 Å². The number of amides is 2. The summed E-state index contributed by atoms with van der Waals surface area (Å²) in [5.41, 5.74) is 1.04. The third-order valence-electron chi connectivity index (χ3n) is 7.27. The molecule has 5 N–H and O–H groups in total. The lowest BCUT2D eigenvalue weighted by Gasteiger charge is -2.33. The van der Waals surface area contributed by atoms with Crippen LogP contribution < -0.4 is 10.6 Å². The number of carbonyl (C=O) groups is 2. The Morgan fingerprint density at radius 1 is 0.842 bits per heavy atom. The first-order valence-corrected chi connectivity index (χ1v) is 13.8. The lowest BCUT2D eigenvalue weighted by Crippen LogP contribution is -2.54. The van der Waals surface area contributed by atoms with E-state index in [1.807, 2.05) is 45.0 Å². The van der Waals surface area contributed by atoms with E-state index in [-0.39, 0.29) is 17.7 Å². The number of rotatable bonds is 11. The van der Waals surface area contributed by atoms with Crippen molar-refractivity contribution >= 4 is 11.8 Å². The molecule has 38 heavy (non-hydrogen) atoms. The van der Waals surface area contributed by atoms with Crippen LogP contribution in [0, 0.1) is 11.3 Å². The van der Waals surface area contributed by atoms with E-state index in [1.54, 1.807) is 36.4 Å². The minimum atomic E-state index is -1.78. The van der Waals surface area contributed by atoms with E-state index in [1.165, 1.54) is 6.42 Å². The van der Waals surface area contributed by atoms with Gasteiger partial charge in [0.25, 0.3) is 5.91 Å². The smallest absolute Gasteiger partial charge is 0.252 e. The van der Waals surface area contributed by atoms with Gasteiger partial charge in [-0.15, -0.1) is 0 Å². The van der Waals surface area contributed by atoms with Crippen LogP contribution in [0.4, 0.5) is 0 Å². The third kappa shape index (κ3) is 8.93. The molecule has 0 unspecified atom stereocenters. The summed E-state index contributed by atoms with van der Waals surface area (Å²) in [7, 11) is 0. The summed E-state index contributed by atoms with van der Waals surface area (Å²) in [4.78, 5) is 26.0. The molecule has 2 aromatic carbocycles. The zero-order valence-electron chi connectivity index (χ0n) is 22.8. The molecule has 3 rings (SSSR count). The van der Waals surface area contributed by atoms with Gasteiger partial charge in [-0.3, -0.25) is 9.59 Å². The van der Waals surface area contributed by atoms with Crippen LogP contribution in [0.1, 0.15) is 89.0 Å². The highest BCUT2D eigenvalue weighted by molar-refractivity contribution is 5.82. The number of nitrogens with one attached hydrogen (secondary N) is 2. The number of aliphatic hydroxyl groups excluding tert-OH is 3. The molecule has 7 nitrogen and oxygen atoms in total. The minimum absolute atomic E-state index is 0.216. The standard InChI is InChI=1S/C31H44N2O5/c1-31(2,3)20-25(34)32-24(19-21-13-7-4-8-14-21)28(36)29(37)30(38)33-26(22-15-9-5-10-16-22)27(35)23-17-11-6-12-18-23/h5-6,9-12,15-18,21,24,26-29,35-37H,4,7-8,13-14,19-20H2,1-3H3,(H,32,34)(H,33,38)/t24-,26-,27+,28+,29-/m0/s1. The van der Waals surface area contributed by atoms with E-state index >= 15 is 0 Å². The molecule has 208 valence electrons. The van der Waals surface area contributed by atoms with Gasteiger partial charge >= 0.3 is 0 Å². The van der Waals surface area contributed by atoms with E-state index in [2.05, 4.69) is 10.6 Å². The van der Waals surface area contributed by atoms with Gasteiger partial charge in [-0.1, -0.05) is 114 Å². The maximum Gasteiger partial charge on any atom is 0.252 e. The zero-order chi connectivity index (χ0) is 27.7. The van der Waals surface area contributed by atoms with Crippen molar-refractivity contribution in [1.82, 2.24) is 10.6 Å². The van der Waals surface area contributed by atoms with Crippen molar-refractivity contribution in [2.75, 3.05) is 0 Å². The Bertz CT molecular complexity index is 1000. The van der Waals surface area contributed by atoms with E-state index in [9.17, 15) is 24.9 Å². The minimum Gasteiger partial charge on any atom is -0.388 e.